The Kier molecular flexibility index (Phi) is 6.03. The van der Waals surface area contributed by atoms with Crippen molar-refractivity contribution in [2.45, 2.75) is 39.4 Å². The van der Waals surface area contributed by atoms with Gasteiger partial charge in [0, 0.05) is 11.8 Å². The zero-order chi connectivity index (χ0) is 23.0. The Morgan fingerprint density at radius 2 is 2.00 bits per heavy atom. The van der Waals surface area contributed by atoms with Crippen molar-refractivity contribution in [2.24, 2.45) is 0 Å². The monoisotopic (exact) mass is 461 g/mol. The van der Waals surface area contributed by atoms with Gasteiger partial charge >= 0.3 is 11.8 Å². The summed E-state index contributed by atoms with van der Waals surface area (Å²) in [4.78, 5) is 21.5. The Labute approximate surface area is 187 Å². The number of aryl methyl sites for hydroxylation is 2. The van der Waals surface area contributed by atoms with Gasteiger partial charge in [-0.3, -0.25) is 0 Å². The standard InChI is InChI=1S/C23H22F3N3O2S/c1-12-18(15-7-9-32-10-8-15)22(30)31-21-19(12)20(28-14(3)29-21)27-13(2)16-5-4-6-17(11-16)23(24,25)26/h4-7,11,13H,8-10H2,1-3H3,(H,27,28,29)/t13-/m1/s1. The van der Waals surface area contributed by atoms with E-state index in [1.165, 1.54) is 6.07 Å². The molecular formula is C23H22F3N3O2S. The van der Waals surface area contributed by atoms with Gasteiger partial charge in [0.05, 0.1) is 16.5 Å². The first-order chi connectivity index (χ1) is 15.1. The summed E-state index contributed by atoms with van der Waals surface area (Å²) >= 11 is 1.80. The highest BCUT2D eigenvalue weighted by atomic mass is 32.2. The molecule has 1 N–H and O–H groups in total. The van der Waals surface area contributed by atoms with Gasteiger partial charge in [0.25, 0.3) is 0 Å². The van der Waals surface area contributed by atoms with Gasteiger partial charge in [-0.2, -0.15) is 29.9 Å². The highest BCUT2D eigenvalue weighted by molar-refractivity contribution is 7.99. The molecule has 9 heteroatoms. The molecule has 1 aliphatic heterocycles. The van der Waals surface area contributed by atoms with Gasteiger partial charge in [-0.05, 0) is 61.8 Å². The van der Waals surface area contributed by atoms with Crippen LogP contribution in [0.1, 0.15) is 47.5 Å². The molecule has 2 aromatic heterocycles. The summed E-state index contributed by atoms with van der Waals surface area (Å²) in [6, 6.07) is 4.70. The molecule has 5 nitrogen and oxygen atoms in total. The van der Waals surface area contributed by atoms with Crippen LogP contribution in [0.3, 0.4) is 0 Å². The molecule has 1 aliphatic rings. The zero-order valence-corrected chi connectivity index (χ0v) is 18.7. The SMILES string of the molecule is Cc1nc(N[C@H](C)c2cccc(C(F)(F)F)c2)c2c(C)c(C3=CCSCC3)c(=O)oc2n1. The van der Waals surface area contributed by atoms with E-state index in [4.69, 9.17) is 4.42 Å². The van der Waals surface area contributed by atoms with Crippen molar-refractivity contribution in [1.82, 2.24) is 9.97 Å². The Balaban J connectivity index is 1.80. The predicted molar refractivity (Wildman–Crippen MR) is 121 cm³/mol. The lowest BCUT2D eigenvalue weighted by molar-refractivity contribution is -0.137. The number of allylic oxidation sites excluding steroid dienone is 1. The number of hydrogen-bond acceptors (Lipinski definition) is 6. The van der Waals surface area contributed by atoms with Crippen LogP contribution < -0.4 is 10.9 Å². The maximum absolute atomic E-state index is 13.1. The number of halogens is 3. The summed E-state index contributed by atoms with van der Waals surface area (Å²) in [7, 11) is 0. The summed E-state index contributed by atoms with van der Waals surface area (Å²) in [5, 5.41) is 3.77. The number of nitrogens with zero attached hydrogens (tertiary/aromatic N) is 2. The van der Waals surface area contributed by atoms with Crippen LogP contribution in [0.2, 0.25) is 0 Å². The fourth-order valence-electron chi connectivity index (χ4n) is 3.88. The lowest BCUT2D eigenvalue weighted by Crippen LogP contribution is -2.15. The fourth-order valence-corrected chi connectivity index (χ4v) is 4.73. The Hall–Kier alpha value is -2.81. The average Bonchev–Trinajstić information content (AvgIpc) is 2.73. The quantitative estimate of drug-likeness (QED) is 0.521. The van der Waals surface area contributed by atoms with Crippen molar-refractivity contribution in [3.63, 3.8) is 0 Å². The van der Waals surface area contributed by atoms with Crippen molar-refractivity contribution >= 4 is 34.3 Å². The van der Waals surface area contributed by atoms with Crippen LogP contribution in [-0.2, 0) is 6.18 Å². The lowest BCUT2D eigenvalue weighted by Gasteiger charge is -2.20. The number of hydrogen-bond donors (Lipinski definition) is 1. The topological polar surface area (TPSA) is 68.0 Å². The smallest absolute Gasteiger partial charge is 0.403 e. The third kappa shape index (κ3) is 4.39. The number of nitrogens with one attached hydrogen (secondary N) is 1. The number of anilines is 1. The van der Waals surface area contributed by atoms with Crippen LogP contribution in [0.5, 0.6) is 0 Å². The zero-order valence-electron chi connectivity index (χ0n) is 17.8. The summed E-state index contributed by atoms with van der Waals surface area (Å²) in [5.74, 6) is 2.56. The molecule has 0 radical (unpaired) electrons. The van der Waals surface area contributed by atoms with Crippen LogP contribution in [0.15, 0.2) is 39.6 Å². The van der Waals surface area contributed by atoms with Crippen molar-refractivity contribution in [2.75, 3.05) is 16.8 Å². The second-order valence-corrected chi connectivity index (χ2v) is 8.88. The number of aromatic nitrogens is 2. The molecule has 0 spiro atoms. The molecule has 0 bridgehead atoms. The molecule has 0 saturated carbocycles. The largest absolute Gasteiger partial charge is 0.416 e. The summed E-state index contributed by atoms with van der Waals surface area (Å²) in [6.45, 7) is 5.26. The van der Waals surface area contributed by atoms with Gasteiger partial charge in [0.2, 0.25) is 5.71 Å². The van der Waals surface area contributed by atoms with Gasteiger partial charge in [0.1, 0.15) is 11.6 Å². The molecule has 4 rings (SSSR count). The molecule has 3 heterocycles. The molecule has 1 atom stereocenters. The number of benzene rings is 1. The Morgan fingerprint density at radius 3 is 2.69 bits per heavy atom. The molecule has 0 saturated heterocycles. The molecule has 0 unspecified atom stereocenters. The van der Waals surface area contributed by atoms with E-state index in [0.29, 0.717) is 33.7 Å². The minimum Gasteiger partial charge on any atom is -0.403 e. The third-order valence-electron chi connectivity index (χ3n) is 5.48. The van der Waals surface area contributed by atoms with E-state index in [1.807, 2.05) is 13.0 Å². The van der Waals surface area contributed by atoms with Crippen molar-refractivity contribution in [3.8, 4) is 0 Å². The molecule has 0 amide bonds. The average molecular weight is 462 g/mol. The third-order valence-corrected chi connectivity index (χ3v) is 6.38. The summed E-state index contributed by atoms with van der Waals surface area (Å²) in [5.41, 5.74) is 1.63. The first kappa shape index (κ1) is 22.4. The molecule has 0 fully saturated rings. The van der Waals surface area contributed by atoms with Crippen molar-refractivity contribution < 1.29 is 17.6 Å². The first-order valence-corrected chi connectivity index (χ1v) is 11.3. The van der Waals surface area contributed by atoms with Crippen LogP contribution in [0, 0.1) is 13.8 Å². The van der Waals surface area contributed by atoms with Crippen LogP contribution in [0.4, 0.5) is 19.0 Å². The maximum Gasteiger partial charge on any atom is 0.416 e. The van der Waals surface area contributed by atoms with E-state index in [2.05, 4.69) is 15.3 Å². The van der Waals surface area contributed by atoms with E-state index < -0.39 is 23.4 Å². The fraction of sp³-hybridized carbons (Fsp3) is 0.348. The minimum absolute atomic E-state index is 0.160. The molecule has 0 aliphatic carbocycles. The number of rotatable bonds is 4. The van der Waals surface area contributed by atoms with Gasteiger partial charge < -0.3 is 9.73 Å². The van der Waals surface area contributed by atoms with E-state index in [1.54, 1.807) is 31.7 Å². The highest BCUT2D eigenvalue weighted by Gasteiger charge is 2.31. The number of thioether (sulfide) groups is 1. The molecular weight excluding hydrogens is 439 g/mol. The van der Waals surface area contributed by atoms with Crippen molar-refractivity contribution in [3.05, 3.63) is 68.8 Å². The van der Waals surface area contributed by atoms with E-state index in [-0.39, 0.29) is 5.71 Å². The molecule has 1 aromatic carbocycles. The van der Waals surface area contributed by atoms with Gasteiger partial charge in [-0.25, -0.2) is 9.78 Å². The molecule has 3 aromatic rings. The highest BCUT2D eigenvalue weighted by Crippen LogP contribution is 2.34. The van der Waals surface area contributed by atoms with Crippen LogP contribution >= 0.6 is 11.8 Å². The van der Waals surface area contributed by atoms with Crippen molar-refractivity contribution in [1.29, 1.82) is 0 Å². The van der Waals surface area contributed by atoms with E-state index in [9.17, 15) is 18.0 Å². The van der Waals surface area contributed by atoms with E-state index in [0.717, 1.165) is 35.6 Å². The van der Waals surface area contributed by atoms with Crippen LogP contribution in [-0.4, -0.2) is 21.5 Å². The van der Waals surface area contributed by atoms with E-state index >= 15 is 0 Å². The van der Waals surface area contributed by atoms with Gasteiger partial charge in [-0.15, -0.1) is 0 Å². The van der Waals surface area contributed by atoms with Gasteiger partial charge in [0.15, 0.2) is 0 Å². The normalized spacial score (nSPS) is 15.5. The lowest BCUT2D eigenvalue weighted by atomic mass is 9.98. The summed E-state index contributed by atoms with van der Waals surface area (Å²) < 4.78 is 45.0. The second kappa shape index (κ2) is 8.61. The molecule has 168 valence electrons. The second-order valence-electron chi connectivity index (χ2n) is 7.73. The van der Waals surface area contributed by atoms with Crippen LogP contribution in [0.25, 0.3) is 16.7 Å². The Bertz CT molecular complexity index is 1270. The summed E-state index contributed by atoms with van der Waals surface area (Å²) in [6.07, 6.45) is -1.63. The molecule has 32 heavy (non-hydrogen) atoms. The predicted octanol–water partition coefficient (Wildman–Crippen LogP) is 5.91. The number of fused-ring (bicyclic) bond motifs is 1. The Morgan fingerprint density at radius 1 is 1.22 bits per heavy atom. The minimum atomic E-state index is -4.42. The first-order valence-electron chi connectivity index (χ1n) is 10.2. The maximum atomic E-state index is 13.1. The van der Waals surface area contributed by atoms with Gasteiger partial charge in [-0.1, -0.05) is 18.2 Å². The number of alkyl halides is 3.